The van der Waals surface area contributed by atoms with Gasteiger partial charge in [-0.05, 0) is 32.1 Å². The molecule has 3 nitrogen and oxygen atoms in total. The van der Waals surface area contributed by atoms with Gasteiger partial charge < -0.3 is 14.9 Å². The van der Waals surface area contributed by atoms with E-state index in [1.54, 1.807) is 6.92 Å². The molecule has 0 saturated carbocycles. The highest BCUT2D eigenvalue weighted by molar-refractivity contribution is 4.66. The van der Waals surface area contributed by atoms with Crippen LogP contribution in [0.2, 0.25) is 0 Å². The third kappa shape index (κ3) is 8.58. The molecule has 0 saturated heterocycles. The van der Waals surface area contributed by atoms with Crippen molar-refractivity contribution in [3.8, 4) is 0 Å². The maximum atomic E-state index is 9.59. The molecule has 0 aromatic carbocycles. The average molecular weight is 246 g/mol. The van der Waals surface area contributed by atoms with Crippen molar-refractivity contribution in [1.29, 1.82) is 0 Å². The lowest BCUT2D eigenvalue weighted by atomic mass is 10.0. The summed E-state index contributed by atoms with van der Waals surface area (Å²) in [6.07, 6.45) is 5.66. The van der Waals surface area contributed by atoms with Crippen molar-refractivity contribution in [3.63, 3.8) is 0 Å². The van der Waals surface area contributed by atoms with E-state index in [2.05, 4.69) is 13.8 Å². The van der Waals surface area contributed by atoms with Crippen molar-refractivity contribution < 1.29 is 14.9 Å². The summed E-state index contributed by atoms with van der Waals surface area (Å²) >= 11 is 0. The van der Waals surface area contributed by atoms with Crippen LogP contribution in [0.15, 0.2) is 0 Å². The Balaban J connectivity index is 3.90. The normalized spacial score (nSPS) is 16.8. The lowest BCUT2D eigenvalue weighted by molar-refractivity contribution is -0.0498. The summed E-state index contributed by atoms with van der Waals surface area (Å²) in [5, 5.41) is 18.4. The second-order valence-corrected chi connectivity index (χ2v) is 4.89. The van der Waals surface area contributed by atoms with Crippen LogP contribution >= 0.6 is 0 Å². The molecule has 0 spiro atoms. The van der Waals surface area contributed by atoms with E-state index in [-0.39, 0.29) is 12.7 Å². The third-order valence-electron chi connectivity index (χ3n) is 3.27. The number of ether oxygens (including phenoxy) is 1. The zero-order chi connectivity index (χ0) is 13.1. The van der Waals surface area contributed by atoms with Gasteiger partial charge in [-0.2, -0.15) is 0 Å². The first kappa shape index (κ1) is 16.9. The maximum Gasteiger partial charge on any atom is 0.0832 e. The molecule has 0 amide bonds. The molecule has 0 aromatic heterocycles. The zero-order valence-electron chi connectivity index (χ0n) is 11.7. The molecular weight excluding hydrogens is 216 g/mol. The minimum absolute atomic E-state index is 0.127. The molecule has 0 rings (SSSR count). The predicted octanol–water partition coefficient (Wildman–Crippen LogP) is 2.74. The largest absolute Gasteiger partial charge is 0.396 e. The quantitative estimate of drug-likeness (QED) is 0.589. The van der Waals surface area contributed by atoms with Gasteiger partial charge in [-0.3, -0.25) is 0 Å². The van der Waals surface area contributed by atoms with Crippen molar-refractivity contribution >= 4 is 0 Å². The van der Waals surface area contributed by atoms with E-state index in [1.807, 2.05) is 0 Å². The smallest absolute Gasteiger partial charge is 0.0832 e. The van der Waals surface area contributed by atoms with Gasteiger partial charge in [-0.25, -0.2) is 0 Å². The van der Waals surface area contributed by atoms with Gasteiger partial charge in [0.25, 0.3) is 0 Å². The van der Waals surface area contributed by atoms with Gasteiger partial charge in [0.2, 0.25) is 0 Å². The molecule has 3 heteroatoms. The van der Waals surface area contributed by atoms with Gasteiger partial charge in [0.15, 0.2) is 0 Å². The first-order valence-electron chi connectivity index (χ1n) is 7.06. The van der Waals surface area contributed by atoms with Gasteiger partial charge in [-0.1, -0.05) is 33.1 Å². The Bertz CT molecular complexity index is 160. The summed E-state index contributed by atoms with van der Waals surface area (Å²) in [6.45, 7) is 7.05. The van der Waals surface area contributed by atoms with Crippen LogP contribution in [0.5, 0.6) is 0 Å². The highest BCUT2D eigenvalue weighted by Gasteiger charge is 2.17. The molecule has 3 unspecified atom stereocenters. The van der Waals surface area contributed by atoms with Gasteiger partial charge in [-0.15, -0.1) is 0 Å². The molecule has 0 fully saturated rings. The van der Waals surface area contributed by atoms with Gasteiger partial charge >= 0.3 is 0 Å². The summed E-state index contributed by atoms with van der Waals surface area (Å²) < 4.78 is 5.79. The molecule has 0 aliphatic carbocycles. The van der Waals surface area contributed by atoms with Crippen molar-refractivity contribution in [1.82, 2.24) is 0 Å². The molecular formula is C14H30O3. The Labute approximate surface area is 106 Å². The van der Waals surface area contributed by atoms with Gasteiger partial charge in [0.1, 0.15) is 0 Å². The van der Waals surface area contributed by atoms with Crippen LogP contribution in [-0.2, 0) is 4.74 Å². The number of hydrogen-bond acceptors (Lipinski definition) is 3. The lowest BCUT2D eigenvalue weighted by Crippen LogP contribution is -2.29. The molecule has 0 heterocycles. The minimum atomic E-state index is -0.453. The molecule has 3 atom stereocenters. The molecule has 0 aromatic rings. The summed E-state index contributed by atoms with van der Waals surface area (Å²) in [4.78, 5) is 0. The number of aliphatic hydroxyl groups excluding tert-OH is 2. The summed E-state index contributed by atoms with van der Waals surface area (Å²) in [5.74, 6) is 0.602. The fraction of sp³-hybridized carbons (Fsp3) is 1.00. The average Bonchev–Trinajstić information content (AvgIpc) is 2.32. The summed E-state index contributed by atoms with van der Waals surface area (Å²) in [7, 11) is 0. The van der Waals surface area contributed by atoms with E-state index >= 15 is 0 Å². The van der Waals surface area contributed by atoms with E-state index in [0.717, 1.165) is 19.4 Å². The summed E-state index contributed by atoms with van der Waals surface area (Å²) in [6, 6.07) is 0. The van der Waals surface area contributed by atoms with Crippen LogP contribution < -0.4 is 0 Å². The Hall–Kier alpha value is -0.120. The Morgan fingerprint density at radius 2 is 1.82 bits per heavy atom. The SMILES string of the molecule is CCCCC(CC)COC(CCCO)C(C)O. The molecule has 0 aliphatic rings. The van der Waals surface area contributed by atoms with Crippen LogP contribution in [0.3, 0.4) is 0 Å². The van der Waals surface area contributed by atoms with Crippen LogP contribution in [0.4, 0.5) is 0 Å². The van der Waals surface area contributed by atoms with Crippen LogP contribution in [0.25, 0.3) is 0 Å². The van der Waals surface area contributed by atoms with E-state index < -0.39 is 6.10 Å². The van der Waals surface area contributed by atoms with Crippen LogP contribution in [0.1, 0.15) is 59.3 Å². The Morgan fingerprint density at radius 3 is 2.29 bits per heavy atom. The standard InChI is InChI=1S/C14H30O3/c1-4-6-8-13(5-2)11-17-14(12(3)16)9-7-10-15/h12-16H,4-11H2,1-3H3. The van der Waals surface area contributed by atoms with E-state index in [4.69, 9.17) is 9.84 Å². The number of hydrogen-bond donors (Lipinski definition) is 2. The van der Waals surface area contributed by atoms with E-state index in [9.17, 15) is 5.11 Å². The Morgan fingerprint density at radius 1 is 1.12 bits per heavy atom. The first-order chi connectivity index (χ1) is 8.15. The fourth-order valence-electron chi connectivity index (χ4n) is 1.91. The third-order valence-corrected chi connectivity index (χ3v) is 3.27. The van der Waals surface area contributed by atoms with Gasteiger partial charge in [0, 0.05) is 13.2 Å². The van der Waals surface area contributed by atoms with E-state index in [1.165, 1.54) is 19.3 Å². The summed E-state index contributed by atoms with van der Waals surface area (Å²) in [5.41, 5.74) is 0. The first-order valence-corrected chi connectivity index (χ1v) is 7.06. The minimum Gasteiger partial charge on any atom is -0.396 e. The molecule has 104 valence electrons. The molecule has 0 bridgehead atoms. The lowest BCUT2D eigenvalue weighted by Gasteiger charge is -2.23. The van der Waals surface area contributed by atoms with Crippen molar-refractivity contribution in [2.24, 2.45) is 5.92 Å². The molecule has 0 aliphatic heterocycles. The number of aliphatic hydroxyl groups is 2. The van der Waals surface area contributed by atoms with Crippen molar-refractivity contribution in [2.45, 2.75) is 71.5 Å². The predicted molar refractivity (Wildman–Crippen MR) is 71.0 cm³/mol. The van der Waals surface area contributed by atoms with Crippen molar-refractivity contribution in [3.05, 3.63) is 0 Å². The molecule has 17 heavy (non-hydrogen) atoms. The topological polar surface area (TPSA) is 49.7 Å². The molecule has 0 radical (unpaired) electrons. The van der Waals surface area contributed by atoms with Crippen LogP contribution in [-0.4, -0.2) is 35.6 Å². The van der Waals surface area contributed by atoms with Crippen LogP contribution in [0, 0.1) is 5.92 Å². The Kier molecular flexibility index (Phi) is 10.9. The fourth-order valence-corrected chi connectivity index (χ4v) is 1.91. The van der Waals surface area contributed by atoms with E-state index in [0.29, 0.717) is 12.3 Å². The number of rotatable bonds is 11. The van der Waals surface area contributed by atoms with Gasteiger partial charge in [0.05, 0.1) is 12.2 Å². The number of unbranched alkanes of at least 4 members (excludes halogenated alkanes) is 1. The zero-order valence-corrected chi connectivity index (χ0v) is 11.7. The highest BCUT2D eigenvalue weighted by Crippen LogP contribution is 2.16. The second-order valence-electron chi connectivity index (χ2n) is 4.89. The molecule has 2 N–H and O–H groups in total. The monoisotopic (exact) mass is 246 g/mol. The van der Waals surface area contributed by atoms with Crippen molar-refractivity contribution in [2.75, 3.05) is 13.2 Å². The highest BCUT2D eigenvalue weighted by atomic mass is 16.5. The second kappa shape index (κ2) is 11.0. The maximum absolute atomic E-state index is 9.59.